The Morgan fingerprint density at radius 1 is 1.03 bits per heavy atom. The van der Waals surface area contributed by atoms with Gasteiger partial charge in [0.15, 0.2) is 0 Å². The number of sulfonamides is 1. The van der Waals surface area contributed by atoms with Gasteiger partial charge in [-0.15, -0.1) is 0 Å². The van der Waals surface area contributed by atoms with E-state index in [1.165, 1.54) is 48.3 Å². The molecule has 1 N–H and O–H groups in total. The predicted octanol–water partition coefficient (Wildman–Crippen LogP) is 2.36. The molecule has 1 saturated heterocycles. The summed E-state index contributed by atoms with van der Waals surface area (Å²) in [5, 5.41) is 0. The van der Waals surface area contributed by atoms with Crippen LogP contribution in [-0.2, 0) is 24.3 Å². The SMILES string of the molecule is CCOC(=O)C1CCN(C(=O)CN(C)C(=O)c2ccc(NS(=O)(=O)c3ccccc3)cc2)CC1. The quantitative estimate of drug-likeness (QED) is 0.572. The number of likely N-dealkylation sites (N-methyl/N-ethyl adjacent to an activating group) is 1. The third-order valence-electron chi connectivity index (χ3n) is 5.62. The lowest BCUT2D eigenvalue weighted by Gasteiger charge is -2.32. The molecule has 9 nitrogen and oxygen atoms in total. The van der Waals surface area contributed by atoms with E-state index >= 15 is 0 Å². The van der Waals surface area contributed by atoms with Crippen molar-refractivity contribution in [2.45, 2.75) is 24.7 Å². The summed E-state index contributed by atoms with van der Waals surface area (Å²) in [7, 11) is -2.19. The number of likely N-dealkylation sites (tertiary alicyclic amines) is 1. The number of nitrogens with zero attached hydrogens (tertiary/aromatic N) is 2. The van der Waals surface area contributed by atoms with Gasteiger partial charge in [0.25, 0.3) is 15.9 Å². The number of benzene rings is 2. The van der Waals surface area contributed by atoms with Gasteiger partial charge in [-0.2, -0.15) is 0 Å². The zero-order valence-corrected chi connectivity index (χ0v) is 20.1. The highest BCUT2D eigenvalue weighted by Crippen LogP contribution is 2.20. The predicted molar refractivity (Wildman–Crippen MR) is 127 cm³/mol. The molecule has 34 heavy (non-hydrogen) atoms. The molecule has 2 aromatic rings. The highest BCUT2D eigenvalue weighted by Gasteiger charge is 2.29. The number of carbonyl (C=O) groups excluding carboxylic acids is 3. The third kappa shape index (κ3) is 6.34. The van der Waals surface area contributed by atoms with Crippen molar-refractivity contribution < 1.29 is 27.5 Å². The molecule has 2 amide bonds. The number of carbonyl (C=O) groups is 3. The highest BCUT2D eigenvalue weighted by atomic mass is 32.2. The van der Waals surface area contributed by atoms with E-state index in [1.54, 1.807) is 30.0 Å². The first kappa shape index (κ1) is 25.2. The summed E-state index contributed by atoms with van der Waals surface area (Å²) in [6.45, 7) is 2.90. The molecule has 1 fully saturated rings. The van der Waals surface area contributed by atoms with Crippen molar-refractivity contribution in [1.29, 1.82) is 0 Å². The van der Waals surface area contributed by atoms with E-state index in [0.29, 0.717) is 43.8 Å². The molecule has 3 rings (SSSR count). The van der Waals surface area contributed by atoms with Gasteiger partial charge in [0.05, 0.1) is 24.0 Å². The van der Waals surface area contributed by atoms with E-state index in [9.17, 15) is 22.8 Å². The van der Waals surface area contributed by atoms with Crippen LogP contribution in [0, 0.1) is 5.92 Å². The van der Waals surface area contributed by atoms with E-state index < -0.39 is 10.0 Å². The average molecular weight is 488 g/mol. The number of hydrogen-bond donors (Lipinski definition) is 1. The minimum Gasteiger partial charge on any atom is -0.466 e. The van der Waals surface area contributed by atoms with E-state index in [4.69, 9.17) is 4.74 Å². The van der Waals surface area contributed by atoms with Crippen LogP contribution in [0.15, 0.2) is 59.5 Å². The molecule has 182 valence electrons. The summed E-state index contributed by atoms with van der Waals surface area (Å²) in [6, 6.07) is 14.0. The Labute approximate surface area is 199 Å². The Morgan fingerprint density at radius 2 is 1.65 bits per heavy atom. The molecule has 0 spiro atoms. The van der Waals surface area contributed by atoms with E-state index in [0.717, 1.165) is 0 Å². The number of rotatable bonds is 8. The number of nitrogens with one attached hydrogen (secondary N) is 1. The van der Waals surface area contributed by atoms with Gasteiger partial charge >= 0.3 is 5.97 Å². The average Bonchev–Trinajstić information content (AvgIpc) is 2.84. The first-order chi connectivity index (χ1) is 16.2. The lowest BCUT2D eigenvalue weighted by Crippen LogP contribution is -2.45. The Kier molecular flexibility index (Phi) is 8.27. The van der Waals surface area contributed by atoms with E-state index in [1.807, 2.05) is 0 Å². The molecule has 0 aliphatic carbocycles. The summed E-state index contributed by atoms with van der Waals surface area (Å²) in [5.74, 6) is -0.963. The molecule has 1 aliphatic heterocycles. The molecule has 0 atom stereocenters. The maximum absolute atomic E-state index is 12.7. The Bertz CT molecular complexity index is 1110. The second-order valence-corrected chi connectivity index (χ2v) is 9.75. The topological polar surface area (TPSA) is 113 Å². The summed E-state index contributed by atoms with van der Waals surface area (Å²) >= 11 is 0. The number of ether oxygens (including phenoxy) is 1. The second-order valence-electron chi connectivity index (χ2n) is 8.06. The Balaban J connectivity index is 1.53. The van der Waals surface area contributed by atoms with Gasteiger partial charge in [0, 0.05) is 31.4 Å². The van der Waals surface area contributed by atoms with Gasteiger partial charge in [-0.25, -0.2) is 8.42 Å². The van der Waals surface area contributed by atoms with Crippen molar-refractivity contribution in [3.63, 3.8) is 0 Å². The van der Waals surface area contributed by atoms with Crippen LogP contribution >= 0.6 is 0 Å². The number of esters is 1. The van der Waals surface area contributed by atoms with Crippen molar-refractivity contribution in [3.05, 3.63) is 60.2 Å². The van der Waals surface area contributed by atoms with Crippen LogP contribution < -0.4 is 4.72 Å². The molecule has 10 heteroatoms. The van der Waals surface area contributed by atoms with Crippen LogP contribution in [0.4, 0.5) is 5.69 Å². The number of amides is 2. The number of piperidine rings is 1. The summed E-state index contributed by atoms with van der Waals surface area (Å²) < 4.78 is 32.4. The van der Waals surface area contributed by atoms with Crippen LogP contribution in [0.2, 0.25) is 0 Å². The molecule has 0 unspecified atom stereocenters. The fourth-order valence-electron chi connectivity index (χ4n) is 3.71. The molecule has 0 bridgehead atoms. The van der Waals surface area contributed by atoms with Crippen LogP contribution in [-0.4, -0.2) is 69.3 Å². The van der Waals surface area contributed by atoms with Crippen LogP contribution in [0.25, 0.3) is 0 Å². The van der Waals surface area contributed by atoms with Crippen molar-refractivity contribution in [2.24, 2.45) is 5.92 Å². The molecular weight excluding hydrogens is 458 g/mol. The van der Waals surface area contributed by atoms with Crippen molar-refractivity contribution >= 4 is 33.5 Å². The molecule has 1 heterocycles. The third-order valence-corrected chi connectivity index (χ3v) is 7.02. The Hall–Kier alpha value is -3.40. The maximum Gasteiger partial charge on any atom is 0.309 e. The van der Waals surface area contributed by atoms with Crippen molar-refractivity contribution in [3.8, 4) is 0 Å². The lowest BCUT2D eigenvalue weighted by molar-refractivity contribution is -0.151. The van der Waals surface area contributed by atoms with Crippen LogP contribution in [0.1, 0.15) is 30.1 Å². The molecule has 2 aromatic carbocycles. The number of anilines is 1. The molecule has 0 radical (unpaired) electrons. The summed E-state index contributed by atoms with van der Waals surface area (Å²) in [4.78, 5) is 40.4. The van der Waals surface area contributed by atoms with Crippen LogP contribution in [0.5, 0.6) is 0 Å². The minimum atomic E-state index is -3.73. The standard InChI is InChI=1S/C24H29N3O6S/c1-3-33-24(30)19-13-15-27(16-14-19)22(28)17-26(2)23(29)18-9-11-20(12-10-18)25-34(31,32)21-7-5-4-6-8-21/h4-12,19,25H,3,13-17H2,1-2H3. The minimum absolute atomic E-state index is 0.0920. The van der Waals surface area contributed by atoms with Gasteiger partial charge in [-0.3, -0.25) is 19.1 Å². The van der Waals surface area contributed by atoms with Gasteiger partial charge < -0.3 is 14.5 Å². The maximum atomic E-state index is 12.7. The fraction of sp³-hybridized carbons (Fsp3) is 0.375. The second kappa shape index (κ2) is 11.1. The van der Waals surface area contributed by atoms with E-state index in [2.05, 4.69) is 4.72 Å². The first-order valence-corrected chi connectivity index (χ1v) is 12.6. The smallest absolute Gasteiger partial charge is 0.309 e. The summed E-state index contributed by atoms with van der Waals surface area (Å²) in [5.41, 5.74) is 0.655. The van der Waals surface area contributed by atoms with Crippen molar-refractivity contribution in [1.82, 2.24) is 9.80 Å². The fourth-order valence-corrected chi connectivity index (χ4v) is 4.79. The largest absolute Gasteiger partial charge is 0.466 e. The summed E-state index contributed by atoms with van der Waals surface area (Å²) in [6.07, 6.45) is 1.09. The molecule has 1 aliphatic rings. The highest BCUT2D eigenvalue weighted by molar-refractivity contribution is 7.92. The van der Waals surface area contributed by atoms with E-state index in [-0.39, 0.29) is 35.1 Å². The van der Waals surface area contributed by atoms with Gasteiger partial charge in [-0.05, 0) is 56.2 Å². The number of hydrogen-bond acceptors (Lipinski definition) is 6. The normalized spacial score (nSPS) is 14.4. The zero-order chi connectivity index (χ0) is 24.7. The Morgan fingerprint density at radius 3 is 2.24 bits per heavy atom. The molecule has 0 saturated carbocycles. The van der Waals surface area contributed by atoms with Crippen LogP contribution in [0.3, 0.4) is 0 Å². The molecule has 0 aromatic heterocycles. The zero-order valence-electron chi connectivity index (χ0n) is 19.3. The molecular formula is C24H29N3O6S. The van der Waals surface area contributed by atoms with Crippen molar-refractivity contribution in [2.75, 3.05) is 38.0 Å². The lowest BCUT2D eigenvalue weighted by atomic mass is 9.97. The van der Waals surface area contributed by atoms with Gasteiger partial charge in [0.2, 0.25) is 5.91 Å². The monoisotopic (exact) mass is 487 g/mol. The van der Waals surface area contributed by atoms with Gasteiger partial charge in [-0.1, -0.05) is 18.2 Å². The van der Waals surface area contributed by atoms with Gasteiger partial charge in [0.1, 0.15) is 0 Å². The first-order valence-electron chi connectivity index (χ1n) is 11.1.